The number of aliphatic carboxylic acids is 1. The average Bonchev–Trinajstić information content (AvgIpc) is 3.68. The minimum absolute atomic E-state index is 0.196. The van der Waals surface area contributed by atoms with Gasteiger partial charge in [0, 0.05) is 44.0 Å². The van der Waals surface area contributed by atoms with E-state index in [0.29, 0.717) is 66.5 Å². The number of carboxylic acid groups (broad SMARTS) is 1. The number of aromatic nitrogens is 2. The highest BCUT2D eigenvalue weighted by Crippen LogP contribution is 2.43. The lowest BCUT2D eigenvalue weighted by atomic mass is 9.97. The topological polar surface area (TPSA) is 111 Å². The molecule has 3 fully saturated rings. The molecule has 0 saturated carbocycles. The predicted octanol–water partition coefficient (Wildman–Crippen LogP) is 5.23. The first-order chi connectivity index (χ1) is 20.1. The van der Waals surface area contributed by atoms with Crippen LogP contribution in [0.2, 0.25) is 5.02 Å². The van der Waals surface area contributed by atoms with Crippen molar-refractivity contribution in [1.29, 1.82) is 0 Å². The standard InChI is InChI=1S/C28H28ClF3N6O3S/c29-20-11-18(12-34-23(20)37-8-5-15(6-9-37)26(40)41)24(39)36-27-35-22(16-2-1-3-19(10-16)28(30,31)32)25(42-27)38-13-17-4-7-33-21(17)14-38/h1-3,10-12,15,17,21,33H,4-9,13-14H2,(H,40,41)(H,35,36,39). The van der Waals surface area contributed by atoms with Crippen LogP contribution in [-0.4, -0.2) is 65.7 Å². The van der Waals surface area contributed by atoms with Gasteiger partial charge in [-0.15, -0.1) is 0 Å². The molecule has 0 spiro atoms. The molecule has 3 aromatic rings. The van der Waals surface area contributed by atoms with Gasteiger partial charge in [-0.1, -0.05) is 35.1 Å². The number of benzene rings is 1. The molecule has 0 bridgehead atoms. The van der Waals surface area contributed by atoms with Crippen LogP contribution in [-0.2, 0) is 11.0 Å². The van der Waals surface area contributed by atoms with Crippen molar-refractivity contribution in [3.05, 3.63) is 52.7 Å². The summed E-state index contributed by atoms with van der Waals surface area (Å²) in [6.07, 6.45) is -1.11. The summed E-state index contributed by atoms with van der Waals surface area (Å²) in [4.78, 5) is 37.5. The number of hydrogen-bond acceptors (Lipinski definition) is 8. The zero-order valence-electron chi connectivity index (χ0n) is 22.3. The molecule has 14 heteroatoms. The van der Waals surface area contributed by atoms with Gasteiger partial charge in [0.05, 0.1) is 22.1 Å². The third-order valence-electron chi connectivity index (χ3n) is 8.17. The molecule has 0 aliphatic carbocycles. The fourth-order valence-electron chi connectivity index (χ4n) is 5.92. The zero-order chi connectivity index (χ0) is 29.6. The molecule has 42 heavy (non-hydrogen) atoms. The Morgan fingerprint density at radius 1 is 1.12 bits per heavy atom. The van der Waals surface area contributed by atoms with Crippen molar-refractivity contribution in [2.75, 3.05) is 47.8 Å². The Bertz CT molecular complexity index is 1500. The maximum atomic E-state index is 13.5. The molecule has 3 aliphatic heterocycles. The molecule has 3 N–H and O–H groups in total. The van der Waals surface area contributed by atoms with Crippen molar-refractivity contribution in [2.45, 2.75) is 31.5 Å². The van der Waals surface area contributed by atoms with Gasteiger partial charge in [-0.2, -0.15) is 13.2 Å². The van der Waals surface area contributed by atoms with Gasteiger partial charge in [0.1, 0.15) is 16.5 Å². The van der Waals surface area contributed by atoms with Crippen LogP contribution in [0.15, 0.2) is 36.5 Å². The number of fused-ring (bicyclic) bond motifs is 1. The summed E-state index contributed by atoms with van der Waals surface area (Å²) < 4.78 is 40.5. The Labute approximate surface area is 248 Å². The Hall–Kier alpha value is -3.42. The van der Waals surface area contributed by atoms with Crippen molar-refractivity contribution < 1.29 is 27.9 Å². The van der Waals surface area contributed by atoms with Gasteiger partial charge < -0.3 is 20.2 Å². The number of rotatable bonds is 6. The van der Waals surface area contributed by atoms with E-state index in [0.717, 1.165) is 31.6 Å². The summed E-state index contributed by atoms with van der Waals surface area (Å²) in [5.41, 5.74) is 0.138. The van der Waals surface area contributed by atoms with E-state index >= 15 is 0 Å². The number of hydrogen-bond donors (Lipinski definition) is 3. The number of pyridine rings is 1. The van der Waals surface area contributed by atoms with Crippen molar-refractivity contribution in [2.24, 2.45) is 11.8 Å². The van der Waals surface area contributed by atoms with E-state index in [4.69, 9.17) is 11.6 Å². The second-order valence-electron chi connectivity index (χ2n) is 10.8. The lowest BCUT2D eigenvalue weighted by Crippen LogP contribution is -2.37. The summed E-state index contributed by atoms with van der Waals surface area (Å²) in [6, 6.07) is 6.87. The number of piperidine rings is 1. The van der Waals surface area contributed by atoms with E-state index in [-0.39, 0.29) is 15.7 Å². The number of nitrogens with one attached hydrogen (secondary N) is 2. The van der Waals surface area contributed by atoms with Crippen LogP contribution >= 0.6 is 22.9 Å². The van der Waals surface area contributed by atoms with Crippen molar-refractivity contribution in [3.63, 3.8) is 0 Å². The number of nitrogens with zero attached hydrogens (tertiary/aromatic N) is 4. The van der Waals surface area contributed by atoms with Gasteiger partial charge >= 0.3 is 12.1 Å². The summed E-state index contributed by atoms with van der Waals surface area (Å²) in [6.45, 7) is 3.39. The Balaban J connectivity index is 1.24. The first-order valence-corrected chi connectivity index (χ1v) is 14.9. The smallest absolute Gasteiger partial charge is 0.416 e. The van der Waals surface area contributed by atoms with Crippen LogP contribution in [0.25, 0.3) is 11.3 Å². The quantitative estimate of drug-likeness (QED) is 0.344. The molecular weight excluding hydrogens is 593 g/mol. The zero-order valence-corrected chi connectivity index (χ0v) is 23.9. The molecule has 5 heterocycles. The van der Waals surface area contributed by atoms with Crippen LogP contribution in [0.4, 0.5) is 29.1 Å². The molecule has 6 rings (SSSR count). The Morgan fingerprint density at radius 3 is 2.60 bits per heavy atom. The number of thiazole rings is 1. The summed E-state index contributed by atoms with van der Waals surface area (Å²) in [7, 11) is 0. The van der Waals surface area contributed by atoms with Crippen molar-refractivity contribution >= 4 is 50.8 Å². The number of halogens is 4. The van der Waals surface area contributed by atoms with Gasteiger partial charge in [0.15, 0.2) is 5.13 Å². The van der Waals surface area contributed by atoms with E-state index in [1.807, 2.05) is 4.90 Å². The monoisotopic (exact) mass is 620 g/mol. The van der Waals surface area contributed by atoms with E-state index in [1.165, 1.54) is 29.7 Å². The molecule has 1 amide bonds. The number of alkyl halides is 3. The van der Waals surface area contributed by atoms with Crippen LogP contribution in [0.1, 0.15) is 35.2 Å². The fourth-order valence-corrected chi connectivity index (χ4v) is 7.21. The lowest BCUT2D eigenvalue weighted by Gasteiger charge is -2.31. The summed E-state index contributed by atoms with van der Waals surface area (Å²) in [5, 5.41) is 16.7. The highest BCUT2D eigenvalue weighted by Gasteiger charge is 2.38. The lowest BCUT2D eigenvalue weighted by molar-refractivity contribution is -0.142. The van der Waals surface area contributed by atoms with Crippen LogP contribution in [0.5, 0.6) is 0 Å². The van der Waals surface area contributed by atoms with Crippen LogP contribution < -0.4 is 20.4 Å². The van der Waals surface area contributed by atoms with Crippen molar-refractivity contribution in [3.8, 4) is 11.3 Å². The normalized spacial score (nSPS) is 21.0. The minimum Gasteiger partial charge on any atom is -0.481 e. The number of carbonyl (C=O) groups excluding carboxylic acids is 1. The summed E-state index contributed by atoms with van der Waals surface area (Å²) >= 11 is 7.71. The van der Waals surface area contributed by atoms with Gasteiger partial charge in [-0.05, 0) is 49.9 Å². The number of carbonyl (C=O) groups is 2. The maximum absolute atomic E-state index is 13.5. The minimum atomic E-state index is -4.50. The molecule has 3 aliphatic rings. The van der Waals surface area contributed by atoms with Gasteiger partial charge in [0.25, 0.3) is 5.91 Å². The first-order valence-electron chi connectivity index (χ1n) is 13.7. The molecule has 9 nitrogen and oxygen atoms in total. The van der Waals surface area contributed by atoms with Crippen LogP contribution in [0.3, 0.4) is 0 Å². The Morgan fingerprint density at radius 2 is 1.90 bits per heavy atom. The van der Waals surface area contributed by atoms with E-state index < -0.39 is 29.5 Å². The van der Waals surface area contributed by atoms with E-state index in [1.54, 1.807) is 6.07 Å². The SMILES string of the molecule is O=C(Nc1nc(-c2cccc(C(F)(F)F)c2)c(N2CC3CCNC3C2)s1)c1cnc(N2CCC(C(=O)O)CC2)c(Cl)c1. The van der Waals surface area contributed by atoms with E-state index in [9.17, 15) is 27.9 Å². The van der Waals surface area contributed by atoms with Crippen LogP contribution in [0, 0.1) is 11.8 Å². The molecular formula is C28H28ClF3N6O3S. The molecule has 3 saturated heterocycles. The average molecular weight is 621 g/mol. The molecule has 2 atom stereocenters. The highest BCUT2D eigenvalue weighted by atomic mass is 35.5. The Kier molecular flexibility index (Phi) is 7.75. The highest BCUT2D eigenvalue weighted by molar-refractivity contribution is 7.20. The number of anilines is 3. The predicted molar refractivity (Wildman–Crippen MR) is 154 cm³/mol. The number of carboxylic acids is 1. The number of amides is 1. The fraction of sp³-hybridized carbons (Fsp3) is 0.429. The van der Waals surface area contributed by atoms with Crippen molar-refractivity contribution in [1.82, 2.24) is 15.3 Å². The van der Waals surface area contributed by atoms with Gasteiger partial charge in [-0.25, -0.2) is 9.97 Å². The second-order valence-corrected chi connectivity index (χ2v) is 12.2. The molecule has 2 unspecified atom stereocenters. The third-order valence-corrected chi connectivity index (χ3v) is 9.48. The summed E-state index contributed by atoms with van der Waals surface area (Å²) in [5.74, 6) is -0.789. The van der Waals surface area contributed by atoms with Gasteiger partial charge in [-0.3, -0.25) is 14.9 Å². The van der Waals surface area contributed by atoms with Gasteiger partial charge in [0.2, 0.25) is 0 Å². The second kappa shape index (κ2) is 11.3. The maximum Gasteiger partial charge on any atom is 0.416 e. The van der Waals surface area contributed by atoms with E-state index in [2.05, 4.69) is 25.5 Å². The molecule has 0 radical (unpaired) electrons. The molecule has 222 valence electrons. The largest absolute Gasteiger partial charge is 0.481 e. The molecule has 2 aromatic heterocycles. The third kappa shape index (κ3) is 5.77. The molecule has 1 aromatic carbocycles. The first kappa shape index (κ1) is 28.7.